The summed E-state index contributed by atoms with van der Waals surface area (Å²) in [7, 11) is 0. The number of aldehydes is 1. The molecule has 0 amide bonds. The third kappa shape index (κ3) is 2.96. The number of rotatable bonds is 1. The van der Waals surface area contributed by atoms with E-state index in [2.05, 4.69) is 48.5 Å². The number of aliphatic hydroxyl groups is 2. The largest absolute Gasteiger partial charge is 0.393 e. The molecule has 0 aliphatic heterocycles. The second-order valence-corrected chi connectivity index (χ2v) is 15.5. The van der Waals surface area contributed by atoms with Crippen molar-refractivity contribution in [1.29, 1.82) is 0 Å². The molecule has 5 fully saturated rings. The topological polar surface area (TPSA) is 57.5 Å². The van der Waals surface area contributed by atoms with E-state index in [-0.39, 0.29) is 50.6 Å². The molecule has 188 valence electrons. The molecule has 0 aromatic rings. The minimum atomic E-state index is -0.322. The molecule has 5 saturated carbocycles. The van der Waals surface area contributed by atoms with Gasteiger partial charge in [-0.05, 0) is 115 Å². The lowest BCUT2D eigenvalue weighted by Crippen LogP contribution is -2.70. The fourth-order valence-corrected chi connectivity index (χ4v) is 11.3. The van der Waals surface area contributed by atoms with Gasteiger partial charge in [0.2, 0.25) is 0 Å². The molecule has 0 heterocycles. The summed E-state index contributed by atoms with van der Waals surface area (Å²) in [5, 5.41) is 22.9. The van der Waals surface area contributed by atoms with E-state index in [1.807, 2.05) is 0 Å². The Hall–Kier alpha value is -0.410. The minimum Gasteiger partial charge on any atom is -0.393 e. The normalized spacial score (nSPS) is 57.1. The molecule has 2 N–H and O–H groups in total. The predicted octanol–water partition coefficient (Wildman–Crippen LogP) is 6.40. The Morgan fingerprint density at radius 1 is 0.758 bits per heavy atom. The van der Waals surface area contributed by atoms with Crippen molar-refractivity contribution in [3.8, 4) is 0 Å². The first-order valence-corrected chi connectivity index (χ1v) is 14.0. The van der Waals surface area contributed by atoms with Crippen molar-refractivity contribution in [2.75, 3.05) is 0 Å². The first-order chi connectivity index (χ1) is 15.2. The Morgan fingerprint density at radius 2 is 1.42 bits per heavy atom. The van der Waals surface area contributed by atoms with Crippen LogP contribution in [0.3, 0.4) is 0 Å². The van der Waals surface area contributed by atoms with Crippen LogP contribution in [0, 0.1) is 56.2 Å². The Bertz CT molecular complexity index is 817. The minimum absolute atomic E-state index is 0.0636. The van der Waals surface area contributed by atoms with E-state index < -0.39 is 0 Å². The van der Waals surface area contributed by atoms with E-state index in [9.17, 15) is 15.0 Å². The maximum absolute atomic E-state index is 12.6. The van der Waals surface area contributed by atoms with E-state index in [4.69, 9.17) is 0 Å². The van der Waals surface area contributed by atoms with Crippen LogP contribution < -0.4 is 0 Å². The standard InChI is InChI=1S/C30H50O3/c1-25(2)12-14-30(18-31)15-13-29(7)24(19(30)17-25)20(32)16-22-27(5)10-9-23(33)26(3,4)21(27)8-11-28(22,29)6/h18-24,32-33H,8-17H2,1-7H3/t19-,20+,21-,22+,23-,24-,27-,28+,29+,30+/m0/s1. The highest BCUT2D eigenvalue weighted by Crippen LogP contribution is 2.76. The summed E-state index contributed by atoms with van der Waals surface area (Å²) in [5.74, 6) is 1.51. The van der Waals surface area contributed by atoms with E-state index in [1.165, 1.54) is 19.1 Å². The van der Waals surface area contributed by atoms with Gasteiger partial charge in [0, 0.05) is 5.41 Å². The van der Waals surface area contributed by atoms with Crippen LogP contribution in [-0.2, 0) is 4.79 Å². The van der Waals surface area contributed by atoms with E-state index in [0.29, 0.717) is 17.8 Å². The Balaban J connectivity index is 1.58. The molecule has 10 atom stereocenters. The zero-order chi connectivity index (χ0) is 24.2. The Labute approximate surface area is 202 Å². The molecular weight excluding hydrogens is 408 g/mol. The van der Waals surface area contributed by atoms with Gasteiger partial charge in [0.15, 0.2) is 0 Å². The molecule has 0 saturated heterocycles. The van der Waals surface area contributed by atoms with Crippen molar-refractivity contribution in [2.24, 2.45) is 56.2 Å². The van der Waals surface area contributed by atoms with E-state index in [0.717, 1.165) is 51.4 Å². The van der Waals surface area contributed by atoms with Crippen LogP contribution >= 0.6 is 0 Å². The molecule has 5 aliphatic rings. The molecule has 3 heteroatoms. The molecular formula is C30H50O3. The maximum Gasteiger partial charge on any atom is 0.126 e. The highest BCUT2D eigenvalue weighted by molar-refractivity contribution is 5.61. The smallest absolute Gasteiger partial charge is 0.126 e. The first kappa shape index (κ1) is 24.3. The lowest BCUT2D eigenvalue weighted by atomic mass is 9.31. The van der Waals surface area contributed by atoms with Crippen LogP contribution in [0.25, 0.3) is 0 Å². The summed E-state index contributed by atoms with van der Waals surface area (Å²) in [6, 6.07) is 0. The van der Waals surface area contributed by atoms with Crippen LogP contribution in [-0.4, -0.2) is 28.7 Å². The van der Waals surface area contributed by atoms with Crippen molar-refractivity contribution in [3.63, 3.8) is 0 Å². The molecule has 0 unspecified atom stereocenters. The summed E-state index contributed by atoms with van der Waals surface area (Å²) < 4.78 is 0. The van der Waals surface area contributed by atoms with Gasteiger partial charge in [-0.2, -0.15) is 0 Å². The monoisotopic (exact) mass is 458 g/mol. The molecule has 5 aliphatic carbocycles. The van der Waals surface area contributed by atoms with Gasteiger partial charge in [0.05, 0.1) is 12.2 Å². The second kappa shape index (κ2) is 7.09. The van der Waals surface area contributed by atoms with Crippen LogP contribution in [0.2, 0.25) is 0 Å². The average molecular weight is 459 g/mol. The van der Waals surface area contributed by atoms with Crippen LogP contribution in [0.5, 0.6) is 0 Å². The molecule has 0 spiro atoms. The number of carbonyl (C=O) groups excluding carboxylic acids is 1. The maximum atomic E-state index is 12.6. The highest BCUT2D eigenvalue weighted by atomic mass is 16.3. The van der Waals surface area contributed by atoms with Crippen molar-refractivity contribution in [2.45, 2.75) is 125 Å². The van der Waals surface area contributed by atoms with E-state index in [1.54, 1.807) is 0 Å². The average Bonchev–Trinajstić information content (AvgIpc) is 2.72. The number of hydrogen-bond donors (Lipinski definition) is 2. The van der Waals surface area contributed by atoms with Crippen molar-refractivity contribution >= 4 is 6.29 Å². The van der Waals surface area contributed by atoms with Gasteiger partial charge in [0.1, 0.15) is 6.29 Å². The van der Waals surface area contributed by atoms with Crippen molar-refractivity contribution in [1.82, 2.24) is 0 Å². The third-order valence-electron chi connectivity index (χ3n) is 13.5. The highest BCUT2D eigenvalue weighted by Gasteiger charge is 2.71. The zero-order valence-corrected chi connectivity index (χ0v) is 22.4. The predicted molar refractivity (Wildman–Crippen MR) is 133 cm³/mol. The summed E-state index contributed by atoms with van der Waals surface area (Å²) in [5.41, 5.74) is 0.368. The van der Waals surface area contributed by atoms with Gasteiger partial charge in [-0.15, -0.1) is 0 Å². The molecule has 3 nitrogen and oxygen atoms in total. The lowest BCUT2D eigenvalue weighted by Gasteiger charge is -2.74. The summed E-state index contributed by atoms with van der Waals surface area (Å²) in [6.45, 7) is 16.9. The van der Waals surface area contributed by atoms with Gasteiger partial charge in [0.25, 0.3) is 0 Å². The third-order valence-corrected chi connectivity index (χ3v) is 13.5. The summed E-state index contributed by atoms with van der Waals surface area (Å²) in [4.78, 5) is 12.6. The summed E-state index contributed by atoms with van der Waals surface area (Å²) >= 11 is 0. The first-order valence-electron chi connectivity index (χ1n) is 14.0. The van der Waals surface area contributed by atoms with Crippen molar-refractivity contribution < 1.29 is 15.0 Å². The molecule has 0 aromatic heterocycles. The van der Waals surface area contributed by atoms with Gasteiger partial charge >= 0.3 is 0 Å². The number of aliphatic hydroxyl groups excluding tert-OH is 2. The Morgan fingerprint density at radius 3 is 2.09 bits per heavy atom. The zero-order valence-electron chi connectivity index (χ0n) is 22.4. The number of hydrogen-bond acceptors (Lipinski definition) is 3. The fourth-order valence-electron chi connectivity index (χ4n) is 11.3. The number of carbonyl (C=O) groups is 1. The molecule has 5 rings (SSSR count). The summed E-state index contributed by atoms with van der Waals surface area (Å²) in [6.07, 6.45) is 11.3. The number of fused-ring (bicyclic) bond motifs is 7. The van der Waals surface area contributed by atoms with E-state index >= 15 is 0 Å². The molecule has 0 aromatic carbocycles. The molecule has 0 radical (unpaired) electrons. The SMILES string of the molecule is CC1(C)CC[C@]2(C=O)CC[C@]3(C)[C@H]([C@H](O)C[C@@H]4[C@@]5(C)CC[C@H](O)C(C)(C)[C@@H]5CC[C@]43C)[C@@H]2C1. The van der Waals surface area contributed by atoms with Gasteiger partial charge in [-0.25, -0.2) is 0 Å². The van der Waals surface area contributed by atoms with Gasteiger partial charge in [-0.1, -0.05) is 48.5 Å². The van der Waals surface area contributed by atoms with Crippen molar-refractivity contribution in [3.05, 3.63) is 0 Å². The lowest BCUT2D eigenvalue weighted by molar-refractivity contribution is -0.275. The van der Waals surface area contributed by atoms with Crippen LogP contribution in [0.15, 0.2) is 0 Å². The van der Waals surface area contributed by atoms with Crippen LogP contribution in [0.4, 0.5) is 0 Å². The second-order valence-electron chi connectivity index (χ2n) is 15.5. The van der Waals surface area contributed by atoms with Gasteiger partial charge < -0.3 is 15.0 Å². The quantitative estimate of drug-likeness (QED) is 0.447. The van der Waals surface area contributed by atoms with Crippen LogP contribution in [0.1, 0.15) is 113 Å². The Kier molecular flexibility index (Phi) is 5.22. The molecule has 33 heavy (non-hydrogen) atoms. The fraction of sp³-hybridized carbons (Fsp3) is 0.967. The van der Waals surface area contributed by atoms with Gasteiger partial charge in [-0.3, -0.25) is 0 Å². The molecule has 0 bridgehead atoms.